The van der Waals surface area contributed by atoms with Crippen LogP contribution in [0.4, 0.5) is 0 Å². The summed E-state index contributed by atoms with van der Waals surface area (Å²) < 4.78 is 6.27. The van der Waals surface area contributed by atoms with Crippen LogP contribution in [0.3, 0.4) is 0 Å². The molecule has 1 rings (SSSR count). The molecule has 0 spiro atoms. The Bertz CT molecular complexity index is 597. The molecular weight excluding hydrogens is 406 g/mol. The van der Waals surface area contributed by atoms with Gasteiger partial charge >= 0.3 is 5.97 Å². The maximum absolute atomic E-state index is 11.8. The first-order chi connectivity index (χ1) is 12.1. The third-order valence-electron chi connectivity index (χ3n) is 3.07. The maximum atomic E-state index is 11.8. The number of carbonyl (C=O) groups excluding carboxylic acids is 3. The largest absolute Gasteiger partial charge is 0.545 e. The molecule has 1 unspecified atom stereocenters. The Morgan fingerprint density at radius 2 is 1.62 bits per heavy atom. The summed E-state index contributed by atoms with van der Waals surface area (Å²) >= 11 is 3.38. The van der Waals surface area contributed by atoms with Gasteiger partial charge in [-0.15, -0.1) is 0 Å². The van der Waals surface area contributed by atoms with E-state index >= 15 is 0 Å². The number of hydrogen-bond donors (Lipinski definition) is 0. The monoisotopic (exact) mass is 427 g/mol. The number of nitrogens with zero attached hydrogens (tertiary/aromatic N) is 1. The van der Waals surface area contributed by atoms with Gasteiger partial charge in [-0.25, -0.2) is 0 Å². The van der Waals surface area contributed by atoms with Crippen molar-refractivity contribution in [2.45, 2.75) is 19.3 Å². The van der Waals surface area contributed by atoms with Gasteiger partial charge in [-0.3, -0.25) is 4.79 Å². The van der Waals surface area contributed by atoms with Crippen LogP contribution >= 0.6 is 15.9 Å². The van der Waals surface area contributed by atoms with Crippen molar-refractivity contribution in [3.8, 4) is 0 Å². The Hall–Kier alpha value is -2.19. The van der Waals surface area contributed by atoms with E-state index in [0.717, 1.165) is 23.0 Å². The quantitative estimate of drug-likeness (QED) is 0.328. The minimum absolute atomic E-state index is 0.156. The van der Waals surface area contributed by atoms with Crippen LogP contribution in [0.15, 0.2) is 40.9 Å². The second-order valence-electron chi connectivity index (χ2n) is 5.57. The van der Waals surface area contributed by atoms with Crippen LogP contribution in [0.5, 0.6) is 0 Å². The van der Waals surface area contributed by atoms with Gasteiger partial charge in [0, 0.05) is 11.0 Å². The van der Waals surface area contributed by atoms with E-state index in [2.05, 4.69) is 20.8 Å². The number of halogens is 1. The van der Waals surface area contributed by atoms with Crippen molar-refractivity contribution in [1.29, 1.82) is 0 Å². The number of carbonyl (C=O) groups is 3. The molecule has 0 aliphatic heterocycles. The predicted molar refractivity (Wildman–Crippen MR) is 95.8 cm³/mol. The van der Waals surface area contributed by atoms with Crippen molar-refractivity contribution in [2.24, 2.45) is 0 Å². The van der Waals surface area contributed by atoms with E-state index in [1.165, 1.54) is 0 Å². The highest BCUT2D eigenvalue weighted by molar-refractivity contribution is 9.10. The number of carboxylic acid groups (broad SMARTS) is 2. The molecule has 1 aromatic rings. The molecule has 1 atom stereocenters. The van der Waals surface area contributed by atoms with Crippen LogP contribution < -0.4 is 10.2 Å². The van der Waals surface area contributed by atoms with Gasteiger partial charge in [0.1, 0.15) is 0 Å². The Balaban J connectivity index is 0.000000660. The predicted octanol–water partition coefficient (Wildman–Crippen LogP) is 0.0899. The van der Waals surface area contributed by atoms with Crippen molar-refractivity contribution in [1.82, 2.24) is 4.90 Å². The lowest BCUT2D eigenvalue weighted by Crippen LogP contribution is -2.23. The number of aliphatic carboxylic acids is 2. The summed E-state index contributed by atoms with van der Waals surface area (Å²) in [5.41, 5.74) is 0.982. The molecule has 0 radical (unpaired) electrons. The third kappa shape index (κ3) is 12.2. The van der Waals surface area contributed by atoms with Crippen molar-refractivity contribution in [2.75, 3.05) is 27.2 Å². The molecule has 0 bridgehead atoms. The minimum atomic E-state index is -1.55. The van der Waals surface area contributed by atoms with Crippen LogP contribution in [0.1, 0.15) is 24.8 Å². The second kappa shape index (κ2) is 13.1. The molecule has 0 amide bonds. The van der Waals surface area contributed by atoms with Crippen LogP contribution in [0.25, 0.3) is 0 Å². The molecule has 0 heterocycles. The van der Waals surface area contributed by atoms with Crippen molar-refractivity contribution in [3.63, 3.8) is 0 Å². The summed E-state index contributed by atoms with van der Waals surface area (Å²) in [7, 11) is 4.01. The molecule has 1 aromatic carbocycles. The molecule has 0 aromatic heterocycles. The fraction of sp³-hybridized carbons (Fsp3) is 0.389. The van der Waals surface area contributed by atoms with E-state index in [1.54, 1.807) is 0 Å². The van der Waals surface area contributed by atoms with Gasteiger partial charge in [-0.1, -0.05) is 28.1 Å². The SMILES string of the molecule is CC(C(=O)OCCCN(C)C)c1ccc(Br)cc1.O=C([O-])/C=C\C(=O)[O-]. The van der Waals surface area contributed by atoms with Gasteiger partial charge in [-0.2, -0.15) is 0 Å². The number of rotatable bonds is 8. The Morgan fingerprint density at radius 1 is 1.12 bits per heavy atom. The summed E-state index contributed by atoms with van der Waals surface area (Å²) in [5, 5.41) is 18.8. The number of benzene rings is 1. The van der Waals surface area contributed by atoms with Crippen molar-refractivity contribution < 1.29 is 29.3 Å². The first-order valence-corrected chi connectivity index (χ1v) is 8.59. The highest BCUT2D eigenvalue weighted by Gasteiger charge is 2.16. The van der Waals surface area contributed by atoms with Gasteiger partial charge in [0.05, 0.1) is 24.5 Å². The fourth-order valence-corrected chi connectivity index (χ4v) is 1.97. The molecule has 26 heavy (non-hydrogen) atoms. The van der Waals surface area contributed by atoms with Crippen LogP contribution in [0, 0.1) is 0 Å². The van der Waals surface area contributed by atoms with E-state index in [4.69, 9.17) is 4.74 Å². The topological polar surface area (TPSA) is 110 Å². The van der Waals surface area contributed by atoms with Crippen molar-refractivity contribution >= 4 is 33.8 Å². The lowest BCUT2D eigenvalue weighted by atomic mass is 10.0. The van der Waals surface area contributed by atoms with Gasteiger partial charge in [0.25, 0.3) is 0 Å². The number of carboxylic acids is 2. The van der Waals surface area contributed by atoms with Gasteiger partial charge in [-0.05, 0) is 57.3 Å². The number of esters is 1. The first kappa shape index (κ1) is 23.8. The van der Waals surface area contributed by atoms with Gasteiger partial charge in [0.2, 0.25) is 0 Å². The summed E-state index contributed by atoms with van der Waals surface area (Å²) in [6, 6.07) is 7.75. The zero-order chi connectivity index (χ0) is 20.1. The Labute approximate surface area is 161 Å². The van der Waals surface area contributed by atoms with Gasteiger partial charge < -0.3 is 29.4 Å². The molecule has 8 heteroatoms. The average Bonchev–Trinajstić information content (AvgIpc) is 2.57. The summed E-state index contributed by atoms with van der Waals surface area (Å²) in [5.74, 6) is -3.46. The summed E-state index contributed by atoms with van der Waals surface area (Å²) in [4.78, 5) is 32.7. The molecule has 0 aliphatic carbocycles. The molecule has 0 aliphatic rings. The zero-order valence-electron chi connectivity index (χ0n) is 14.9. The molecule has 0 saturated carbocycles. The molecule has 7 nitrogen and oxygen atoms in total. The van der Waals surface area contributed by atoms with E-state index in [-0.39, 0.29) is 11.9 Å². The van der Waals surface area contributed by atoms with Crippen LogP contribution in [0.2, 0.25) is 0 Å². The minimum Gasteiger partial charge on any atom is -0.545 e. The molecule has 0 N–H and O–H groups in total. The maximum Gasteiger partial charge on any atom is 0.313 e. The fourth-order valence-electron chi connectivity index (χ4n) is 1.70. The van der Waals surface area contributed by atoms with Crippen LogP contribution in [-0.4, -0.2) is 50.1 Å². The smallest absolute Gasteiger partial charge is 0.313 e. The first-order valence-electron chi connectivity index (χ1n) is 7.80. The second-order valence-corrected chi connectivity index (χ2v) is 6.48. The number of hydrogen-bond acceptors (Lipinski definition) is 7. The summed E-state index contributed by atoms with van der Waals surface area (Å²) in [6.45, 7) is 3.29. The van der Waals surface area contributed by atoms with E-state index in [1.807, 2.05) is 45.3 Å². The molecular formula is C18H22BrNO6-2. The highest BCUT2D eigenvalue weighted by Crippen LogP contribution is 2.19. The lowest BCUT2D eigenvalue weighted by molar-refractivity contribution is -0.301. The summed E-state index contributed by atoms with van der Waals surface area (Å²) in [6.07, 6.45) is 1.64. The number of ether oxygens (including phenoxy) is 1. The average molecular weight is 428 g/mol. The van der Waals surface area contributed by atoms with Gasteiger partial charge in [0.15, 0.2) is 0 Å². The highest BCUT2D eigenvalue weighted by atomic mass is 79.9. The molecule has 0 saturated heterocycles. The van der Waals surface area contributed by atoms with E-state index in [9.17, 15) is 24.6 Å². The van der Waals surface area contributed by atoms with E-state index in [0.29, 0.717) is 18.8 Å². The Morgan fingerprint density at radius 3 is 2.04 bits per heavy atom. The normalized spacial score (nSPS) is 11.6. The standard InChI is InChI=1S/C14H20BrNO2.C4H4O4/c1-11(12-5-7-13(15)8-6-12)14(17)18-10-4-9-16(2)3;5-3(6)1-2-4(7)8/h5-8,11H,4,9-10H2,1-3H3;1-2H,(H,5,6)(H,7,8)/p-2/b;2-1-. The third-order valence-corrected chi connectivity index (χ3v) is 3.60. The van der Waals surface area contributed by atoms with E-state index < -0.39 is 11.9 Å². The Kier molecular flexibility index (Phi) is 12.0. The lowest BCUT2D eigenvalue weighted by Gasteiger charge is -2.13. The zero-order valence-corrected chi connectivity index (χ0v) is 16.5. The molecule has 0 fully saturated rings. The van der Waals surface area contributed by atoms with Crippen LogP contribution in [-0.2, 0) is 19.1 Å². The molecule has 144 valence electrons. The van der Waals surface area contributed by atoms with Crippen molar-refractivity contribution in [3.05, 3.63) is 46.5 Å².